The van der Waals surface area contributed by atoms with Gasteiger partial charge in [-0.05, 0) is 49.7 Å². The van der Waals surface area contributed by atoms with Gasteiger partial charge in [-0.1, -0.05) is 19.6 Å². The third-order valence-electron chi connectivity index (χ3n) is 6.66. The van der Waals surface area contributed by atoms with Gasteiger partial charge in [-0.15, -0.1) is 6.58 Å². The van der Waals surface area contributed by atoms with E-state index in [1.807, 2.05) is 35.4 Å². The van der Waals surface area contributed by atoms with Gasteiger partial charge < -0.3 is 15.1 Å². The van der Waals surface area contributed by atoms with E-state index in [4.69, 9.17) is 0 Å². The van der Waals surface area contributed by atoms with Crippen LogP contribution in [0.15, 0.2) is 55.5 Å². The standard InChI is InChI=1S/C25H32N4O/c1-4-20-17-29(15-11-18(20)2)25(30)22-10-12-26-24-9-8-21(16-23(22)24)27-19(3)28-13-6-5-7-14-28/h4,8-10,12,16,18,20,27H,1,3,5-7,11,13-15,17H2,2H3/p+1. The molecule has 1 aromatic heterocycles. The lowest BCUT2D eigenvalue weighted by molar-refractivity contribution is -0.344. The first kappa shape index (κ1) is 20.5. The molecule has 2 aliphatic heterocycles. The Balaban J connectivity index is 1.57. The maximum absolute atomic E-state index is 13.4. The van der Waals surface area contributed by atoms with Crippen LogP contribution in [0.3, 0.4) is 0 Å². The van der Waals surface area contributed by atoms with Crippen LogP contribution in [0.2, 0.25) is 0 Å². The SMILES string of the molecule is C=CC1CN(C(=O)c2cc[nH+]c3ccc(NC(=C)N4CCCCC4)cc23)CCC1C. The highest BCUT2D eigenvalue weighted by Crippen LogP contribution is 2.27. The molecular formula is C25H33N4O+. The molecule has 2 aliphatic rings. The average molecular weight is 406 g/mol. The van der Waals surface area contributed by atoms with Crippen LogP contribution in [0.25, 0.3) is 10.9 Å². The summed E-state index contributed by atoms with van der Waals surface area (Å²) in [5.41, 5.74) is 2.66. The number of likely N-dealkylation sites (tertiary alicyclic amines) is 2. The second kappa shape index (κ2) is 8.90. The Morgan fingerprint density at radius 3 is 2.73 bits per heavy atom. The molecule has 0 bridgehead atoms. The van der Waals surface area contributed by atoms with Crippen LogP contribution in [-0.4, -0.2) is 41.9 Å². The molecule has 30 heavy (non-hydrogen) atoms. The van der Waals surface area contributed by atoms with Crippen molar-refractivity contribution in [3.63, 3.8) is 0 Å². The average Bonchev–Trinajstić information content (AvgIpc) is 2.79. The van der Waals surface area contributed by atoms with Crippen LogP contribution >= 0.6 is 0 Å². The monoisotopic (exact) mass is 405 g/mol. The van der Waals surface area contributed by atoms with Crippen LogP contribution < -0.4 is 10.3 Å². The Labute approximate surface area is 179 Å². The summed E-state index contributed by atoms with van der Waals surface area (Å²) in [6.07, 6.45) is 8.59. The van der Waals surface area contributed by atoms with Crippen molar-refractivity contribution in [2.75, 3.05) is 31.5 Å². The number of carbonyl (C=O) groups excluding carboxylic acids is 1. The number of nitrogens with one attached hydrogen (secondary N) is 2. The van der Waals surface area contributed by atoms with Crippen molar-refractivity contribution < 1.29 is 9.78 Å². The number of benzene rings is 1. The number of aromatic amines is 1. The zero-order valence-corrected chi connectivity index (χ0v) is 18.0. The van der Waals surface area contributed by atoms with Crippen molar-refractivity contribution >= 4 is 22.5 Å². The van der Waals surface area contributed by atoms with Crippen LogP contribution in [0, 0.1) is 11.8 Å². The van der Waals surface area contributed by atoms with Gasteiger partial charge in [-0.25, -0.2) is 4.98 Å². The second-order valence-corrected chi connectivity index (χ2v) is 8.69. The number of nitrogens with zero attached hydrogens (tertiary/aromatic N) is 2. The molecule has 3 heterocycles. The molecule has 0 aliphatic carbocycles. The summed E-state index contributed by atoms with van der Waals surface area (Å²) >= 11 is 0. The molecule has 2 aromatic rings. The quantitative estimate of drug-likeness (QED) is 0.754. The number of fused-ring (bicyclic) bond motifs is 1. The summed E-state index contributed by atoms with van der Waals surface area (Å²) in [6.45, 7) is 14.1. The van der Waals surface area contributed by atoms with Crippen LogP contribution in [-0.2, 0) is 0 Å². The zero-order chi connectivity index (χ0) is 21.1. The van der Waals surface area contributed by atoms with Gasteiger partial charge in [0.05, 0.1) is 16.8 Å². The first-order valence-corrected chi connectivity index (χ1v) is 11.1. The van der Waals surface area contributed by atoms with Crippen molar-refractivity contribution in [1.82, 2.24) is 9.80 Å². The van der Waals surface area contributed by atoms with Crippen molar-refractivity contribution in [3.8, 4) is 0 Å². The van der Waals surface area contributed by atoms with Crippen LogP contribution in [0.4, 0.5) is 5.69 Å². The Morgan fingerprint density at radius 1 is 1.17 bits per heavy atom. The molecule has 2 atom stereocenters. The summed E-state index contributed by atoms with van der Waals surface area (Å²) in [5, 5.41) is 4.39. The fraction of sp³-hybridized carbons (Fsp3) is 0.440. The van der Waals surface area contributed by atoms with E-state index in [9.17, 15) is 4.79 Å². The van der Waals surface area contributed by atoms with Gasteiger partial charge in [-0.3, -0.25) is 4.79 Å². The largest absolute Gasteiger partial charge is 0.359 e. The lowest BCUT2D eigenvalue weighted by Gasteiger charge is -2.35. The number of amides is 1. The van der Waals surface area contributed by atoms with Gasteiger partial charge in [0.15, 0.2) is 6.20 Å². The Hall–Kier alpha value is -2.82. The van der Waals surface area contributed by atoms with Gasteiger partial charge >= 0.3 is 0 Å². The molecule has 2 unspecified atom stereocenters. The fourth-order valence-electron chi connectivity index (χ4n) is 4.63. The fourth-order valence-corrected chi connectivity index (χ4v) is 4.63. The highest BCUT2D eigenvalue weighted by Gasteiger charge is 2.29. The van der Waals surface area contributed by atoms with Crippen molar-refractivity contribution in [2.24, 2.45) is 11.8 Å². The lowest BCUT2D eigenvalue weighted by atomic mass is 9.87. The van der Waals surface area contributed by atoms with E-state index < -0.39 is 0 Å². The molecular weight excluding hydrogens is 372 g/mol. The maximum atomic E-state index is 13.4. The van der Waals surface area contributed by atoms with Gasteiger partial charge in [0.2, 0.25) is 5.52 Å². The minimum Gasteiger partial charge on any atom is -0.359 e. The summed E-state index contributed by atoms with van der Waals surface area (Å²) in [6, 6.07) is 8.03. The van der Waals surface area contributed by atoms with E-state index >= 15 is 0 Å². The predicted octanol–water partition coefficient (Wildman–Crippen LogP) is 4.31. The topological polar surface area (TPSA) is 49.7 Å². The molecule has 0 spiro atoms. The minimum atomic E-state index is 0.0970. The molecule has 1 amide bonds. The third kappa shape index (κ3) is 4.20. The summed E-state index contributed by atoms with van der Waals surface area (Å²) in [4.78, 5) is 21.0. The first-order chi connectivity index (χ1) is 14.6. The number of aromatic nitrogens is 1. The molecule has 2 saturated heterocycles. The molecule has 5 nitrogen and oxygen atoms in total. The second-order valence-electron chi connectivity index (χ2n) is 8.69. The number of pyridine rings is 1. The highest BCUT2D eigenvalue weighted by molar-refractivity contribution is 6.06. The van der Waals surface area contributed by atoms with E-state index in [0.29, 0.717) is 11.8 Å². The number of anilines is 1. The van der Waals surface area contributed by atoms with Crippen LogP contribution in [0.5, 0.6) is 0 Å². The van der Waals surface area contributed by atoms with Crippen molar-refractivity contribution in [3.05, 3.63) is 61.1 Å². The molecule has 5 heteroatoms. The highest BCUT2D eigenvalue weighted by atomic mass is 16.2. The molecule has 2 N–H and O–H groups in total. The molecule has 158 valence electrons. The molecule has 4 rings (SSSR count). The van der Waals surface area contributed by atoms with Gasteiger partial charge in [-0.2, -0.15) is 0 Å². The molecule has 2 fully saturated rings. The number of hydrogen-bond donors (Lipinski definition) is 1. The maximum Gasteiger partial charge on any atom is 0.254 e. The van der Waals surface area contributed by atoms with E-state index in [1.165, 1.54) is 19.3 Å². The van der Waals surface area contributed by atoms with E-state index in [2.05, 4.69) is 41.3 Å². The minimum absolute atomic E-state index is 0.0970. The van der Waals surface area contributed by atoms with E-state index in [1.54, 1.807) is 0 Å². The van der Waals surface area contributed by atoms with Gasteiger partial charge in [0.25, 0.3) is 5.91 Å². The smallest absolute Gasteiger partial charge is 0.254 e. The first-order valence-electron chi connectivity index (χ1n) is 11.1. The van der Waals surface area contributed by atoms with Gasteiger partial charge in [0, 0.05) is 44.0 Å². The Kier molecular flexibility index (Phi) is 6.07. The molecule has 1 aromatic carbocycles. The molecule has 0 radical (unpaired) electrons. The normalized spacial score (nSPS) is 22.0. The van der Waals surface area contributed by atoms with Crippen LogP contribution in [0.1, 0.15) is 43.0 Å². The summed E-state index contributed by atoms with van der Waals surface area (Å²) < 4.78 is 0. The lowest BCUT2D eigenvalue weighted by Crippen LogP contribution is -2.42. The summed E-state index contributed by atoms with van der Waals surface area (Å²) in [7, 11) is 0. The zero-order valence-electron chi connectivity index (χ0n) is 18.0. The summed E-state index contributed by atoms with van der Waals surface area (Å²) in [5.74, 6) is 1.96. The third-order valence-corrected chi connectivity index (χ3v) is 6.66. The van der Waals surface area contributed by atoms with Crippen molar-refractivity contribution in [2.45, 2.75) is 32.6 Å². The van der Waals surface area contributed by atoms with Gasteiger partial charge in [0.1, 0.15) is 0 Å². The van der Waals surface area contributed by atoms with E-state index in [0.717, 1.165) is 60.6 Å². The number of H-pyrrole nitrogens is 1. The van der Waals surface area contributed by atoms with Crippen molar-refractivity contribution in [1.29, 1.82) is 0 Å². The molecule has 0 saturated carbocycles. The predicted molar refractivity (Wildman–Crippen MR) is 122 cm³/mol. The number of piperidine rings is 2. The Morgan fingerprint density at radius 2 is 1.97 bits per heavy atom. The number of rotatable bonds is 5. The number of carbonyl (C=O) groups is 1. The Bertz CT molecular complexity index is 947. The van der Waals surface area contributed by atoms with E-state index in [-0.39, 0.29) is 5.91 Å². The number of hydrogen-bond acceptors (Lipinski definition) is 3.